The van der Waals surface area contributed by atoms with Crippen LogP contribution in [0.3, 0.4) is 0 Å². The number of ether oxygens (including phenoxy) is 1. The number of hydrogen-bond acceptors (Lipinski definition) is 4. The van der Waals surface area contributed by atoms with Crippen LogP contribution in [0.15, 0.2) is 51.8 Å². The second kappa shape index (κ2) is 9.26. The molecule has 1 amide bonds. The van der Waals surface area contributed by atoms with Crippen LogP contribution in [0, 0.1) is 0 Å². The van der Waals surface area contributed by atoms with Crippen LogP contribution in [0.1, 0.15) is 19.3 Å². The second-order valence-electron chi connectivity index (χ2n) is 6.40. The van der Waals surface area contributed by atoms with Crippen molar-refractivity contribution in [3.05, 3.63) is 52.0 Å². The van der Waals surface area contributed by atoms with Crippen LogP contribution in [-0.4, -0.2) is 38.3 Å². The van der Waals surface area contributed by atoms with Gasteiger partial charge in [-0.1, -0.05) is 34.0 Å². The summed E-state index contributed by atoms with van der Waals surface area (Å²) < 4.78 is 33.4. The third kappa shape index (κ3) is 5.26. The summed E-state index contributed by atoms with van der Waals surface area (Å²) in [5.74, 6) is 0.114. The highest BCUT2D eigenvalue weighted by Crippen LogP contribution is 2.28. The number of nitrogens with zero attached hydrogens (tertiary/aromatic N) is 1. The summed E-state index contributed by atoms with van der Waals surface area (Å²) in [7, 11) is -3.61. The maximum Gasteiger partial charge on any atom is 0.262 e. The van der Waals surface area contributed by atoms with Gasteiger partial charge in [-0.3, -0.25) is 4.79 Å². The fourth-order valence-electron chi connectivity index (χ4n) is 2.88. The lowest BCUT2D eigenvalue weighted by Gasteiger charge is -2.26. The van der Waals surface area contributed by atoms with Crippen LogP contribution in [0.4, 0.5) is 5.69 Å². The van der Waals surface area contributed by atoms with Crippen molar-refractivity contribution in [2.24, 2.45) is 0 Å². The molecule has 150 valence electrons. The van der Waals surface area contributed by atoms with Gasteiger partial charge in [0, 0.05) is 17.6 Å². The number of anilines is 1. The average Bonchev–Trinajstić information content (AvgIpc) is 2.70. The van der Waals surface area contributed by atoms with Crippen LogP contribution >= 0.6 is 27.5 Å². The topological polar surface area (TPSA) is 75.7 Å². The van der Waals surface area contributed by atoms with Gasteiger partial charge in [0.25, 0.3) is 5.91 Å². The van der Waals surface area contributed by atoms with Crippen molar-refractivity contribution in [2.45, 2.75) is 24.2 Å². The summed E-state index contributed by atoms with van der Waals surface area (Å²) in [6.07, 6.45) is 2.74. The molecule has 2 aromatic carbocycles. The molecule has 9 heteroatoms. The zero-order valence-electron chi connectivity index (χ0n) is 15.0. The predicted octanol–water partition coefficient (Wildman–Crippen LogP) is 4.29. The lowest BCUT2D eigenvalue weighted by molar-refractivity contribution is -0.118. The Kier molecular flexibility index (Phi) is 6.98. The molecule has 1 aliphatic rings. The predicted molar refractivity (Wildman–Crippen MR) is 112 cm³/mol. The Balaban J connectivity index is 1.68. The van der Waals surface area contributed by atoms with Crippen molar-refractivity contribution < 1.29 is 17.9 Å². The molecular formula is C19H20BrClN2O4S. The van der Waals surface area contributed by atoms with Crippen LogP contribution in [0.5, 0.6) is 5.75 Å². The van der Waals surface area contributed by atoms with Gasteiger partial charge in [0.2, 0.25) is 10.0 Å². The van der Waals surface area contributed by atoms with E-state index < -0.39 is 15.9 Å². The van der Waals surface area contributed by atoms with Crippen LogP contribution in [-0.2, 0) is 14.8 Å². The number of hydrogen-bond donors (Lipinski definition) is 1. The Labute approximate surface area is 178 Å². The minimum atomic E-state index is -3.61. The van der Waals surface area contributed by atoms with Crippen molar-refractivity contribution in [2.75, 3.05) is 25.0 Å². The number of benzene rings is 2. The molecule has 0 aromatic heterocycles. The first-order valence-corrected chi connectivity index (χ1v) is 11.5. The zero-order valence-corrected chi connectivity index (χ0v) is 18.2. The molecule has 1 fully saturated rings. The molecule has 1 heterocycles. The Morgan fingerprint density at radius 1 is 1.11 bits per heavy atom. The first-order valence-electron chi connectivity index (χ1n) is 8.84. The highest BCUT2D eigenvalue weighted by atomic mass is 79.9. The molecule has 0 atom stereocenters. The van der Waals surface area contributed by atoms with E-state index in [2.05, 4.69) is 21.2 Å². The Bertz CT molecular complexity index is 945. The minimum absolute atomic E-state index is 0.114. The monoisotopic (exact) mass is 486 g/mol. The number of halogens is 2. The largest absolute Gasteiger partial charge is 0.484 e. The smallest absolute Gasteiger partial charge is 0.262 e. The Morgan fingerprint density at radius 2 is 1.79 bits per heavy atom. The van der Waals surface area contributed by atoms with Gasteiger partial charge in [0.1, 0.15) is 5.75 Å². The van der Waals surface area contributed by atoms with Gasteiger partial charge in [-0.05, 0) is 55.3 Å². The van der Waals surface area contributed by atoms with E-state index in [0.717, 1.165) is 23.7 Å². The number of amides is 1. The van der Waals surface area contributed by atoms with Crippen molar-refractivity contribution in [1.29, 1.82) is 0 Å². The number of sulfonamides is 1. The second-order valence-corrected chi connectivity index (χ2v) is 9.66. The molecule has 1 aliphatic heterocycles. The average molecular weight is 488 g/mol. The third-order valence-corrected chi connectivity index (χ3v) is 7.10. The molecule has 0 bridgehead atoms. The molecule has 0 saturated carbocycles. The maximum atomic E-state index is 12.8. The van der Waals surface area contributed by atoms with Gasteiger partial charge in [0.05, 0.1) is 15.6 Å². The fraction of sp³-hybridized carbons (Fsp3) is 0.316. The highest BCUT2D eigenvalue weighted by Gasteiger charge is 2.26. The lowest BCUT2D eigenvalue weighted by atomic mass is 10.2. The molecule has 2 aromatic rings. The van der Waals surface area contributed by atoms with Crippen LogP contribution in [0.2, 0.25) is 5.02 Å². The molecule has 1 N–H and O–H groups in total. The third-order valence-electron chi connectivity index (χ3n) is 4.35. The minimum Gasteiger partial charge on any atom is -0.484 e. The van der Waals surface area contributed by atoms with E-state index in [1.54, 1.807) is 24.3 Å². The number of carbonyl (C=O) groups excluding carboxylic acids is 1. The zero-order chi connectivity index (χ0) is 20.1. The van der Waals surface area contributed by atoms with Gasteiger partial charge < -0.3 is 10.1 Å². The summed E-state index contributed by atoms with van der Waals surface area (Å²) >= 11 is 9.47. The van der Waals surface area contributed by atoms with E-state index in [1.807, 2.05) is 0 Å². The molecule has 0 aliphatic carbocycles. The van der Waals surface area contributed by atoms with Crippen molar-refractivity contribution in [3.63, 3.8) is 0 Å². The summed E-state index contributed by atoms with van der Waals surface area (Å²) in [5.41, 5.74) is 0.240. The van der Waals surface area contributed by atoms with E-state index in [0.29, 0.717) is 18.8 Å². The molecular weight excluding hydrogens is 468 g/mol. The summed E-state index contributed by atoms with van der Waals surface area (Å²) in [6, 6.07) is 11.4. The summed E-state index contributed by atoms with van der Waals surface area (Å²) in [5, 5.41) is 2.88. The van der Waals surface area contributed by atoms with E-state index >= 15 is 0 Å². The van der Waals surface area contributed by atoms with Gasteiger partial charge in [-0.15, -0.1) is 0 Å². The number of nitrogens with one attached hydrogen (secondary N) is 1. The highest BCUT2D eigenvalue weighted by molar-refractivity contribution is 9.10. The van der Waals surface area contributed by atoms with Crippen molar-refractivity contribution in [3.8, 4) is 5.75 Å². The van der Waals surface area contributed by atoms with Gasteiger partial charge in [0.15, 0.2) is 6.61 Å². The van der Waals surface area contributed by atoms with Crippen LogP contribution < -0.4 is 10.1 Å². The molecule has 28 heavy (non-hydrogen) atoms. The quantitative estimate of drug-likeness (QED) is 0.659. The summed E-state index contributed by atoms with van der Waals surface area (Å²) in [6.45, 7) is 0.794. The molecule has 3 rings (SSSR count). The molecule has 6 nitrogen and oxygen atoms in total. The van der Waals surface area contributed by atoms with E-state index in [1.165, 1.54) is 22.5 Å². The van der Waals surface area contributed by atoms with Gasteiger partial charge in [-0.2, -0.15) is 4.31 Å². The standard InChI is InChI=1S/C19H20BrClN2O4S/c20-14-4-6-15(7-5-14)27-13-19(24)22-18-12-16(8-9-17(18)21)28(25,26)23-10-2-1-3-11-23/h4-9,12H,1-3,10-11,13H2,(H,22,24). The molecule has 0 spiro atoms. The first-order chi connectivity index (χ1) is 13.4. The van der Waals surface area contributed by atoms with Gasteiger partial charge in [-0.25, -0.2) is 8.42 Å². The molecule has 0 unspecified atom stereocenters. The molecule has 0 radical (unpaired) electrons. The van der Waals surface area contributed by atoms with Gasteiger partial charge >= 0.3 is 0 Å². The number of carbonyl (C=O) groups is 1. The van der Waals surface area contributed by atoms with Crippen molar-refractivity contribution in [1.82, 2.24) is 4.31 Å². The SMILES string of the molecule is O=C(COc1ccc(Br)cc1)Nc1cc(S(=O)(=O)N2CCCCC2)ccc1Cl. The van der Waals surface area contributed by atoms with Crippen molar-refractivity contribution >= 4 is 49.1 Å². The maximum absolute atomic E-state index is 12.8. The van der Waals surface area contributed by atoms with E-state index in [9.17, 15) is 13.2 Å². The number of rotatable bonds is 6. The van der Waals surface area contributed by atoms with Crippen LogP contribution in [0.25, 0.3) is 0 Å². The Hall–Kier alpha value is -1.61. The fourth-order valence-corrected chi connectivity index (χ4v) is 4.85. The molecule has 1 saturated heterocycles. The summed E-state index contributed by atoms with van der Waals surface area (Å²) in [4.78, 5) is 12.3. The normalized spacial score (nSPS) is 15.2. The number of piperidine rings is 1. The lowest BCUT2D eigenvalue weighted by Crippen LogP contribution is -2.35. The Morgan fingerprint density at radius 3 is 2.46 bits per heavy atom. The van der Waals surface area contributed by atoms with E-state index in [-0.39, 0.29) is 22.2 Å². The first kappa shape index (κ1) is 21.1. The van der Waals surface area contributed by atoms with E-state index in [4.69, 9.17) is 16.3 Å².